The van der Waals surface area contributed by atoms with E-state index < -0.39 is 15.7 Å². The van der Waals surface area contributed by atoms with Crippen LogP contribution in [0, 0.1) is 17.1 Å². The summed E-state index contributed by atoms with van der Waals surface area (Å²) in [6.45, 7) is 0. The Bertz CT molecular complexity index is 462. The lowest BCUT2D eigenvalue weighted by Gasteiger charge is -2.02. The highest BCUT2D eigenvalue weighted by molar-refractivity contribution is 7.91. The van der Waals surface area contributed by atoms with E-state index in [2.05, 4.69) is 0 Å². The van der Waals surface area contributed by atoms with E-state index >= 15 is 0 Å². The van der Waals surface area contributed by atoms with Crippen molar-refractivity contribution in [2.24, 2.45) is 0 Å². The van der Waals surface area contributed by atoms with Gasteiger partial charge in [-0.1, -0.05) is 12.1 Å². The Kier molecular flexibility index (Phi) is 3.20. The van der Waals surface area contributed by atoms with Crippen LogP contribution in [0.5, 0.6) is 0 Å². The van der Waals surface area contributed by atoms with Crippen LogP contribution in [-0.4, -0.2) is 14.2 Å². The van der Waals surface area contributed by atoms with E-state index in [0.29, 0.717) is 0 Å². The van der Waals surface area contributed by atoms with Crippen LogP contribution >= 0.6 is 0 Å². The lowest BCUT2D eigenvalue weighted by molar-refractivity contribution is 0.567. The number of halogens is 1. The Morgan fingerprint density at radius 1 is 1.36 bits per heavy atom. The van der Waals surface area contributed by atoms with Crippen molar-refractivity contribution < 1.29 is 12.8 Å². The number of hydrogen-bond donors (Lipinski definition) is 0. The zero-order valence-electron chi connectivity index (χ0n) is 7.27. The van der Waals surface area contributed by atoms with Gasteiger partial charge in [-0.15, -0.1) is 0 Å². The monoisotopic (exact) mass is 213 g/mol. The van der Waals surface area contributed by atoms with Crippen molar-refractivity contribution in [3.63, 3.8) is 0 Å². The largest absolute Gasteiger partial charge is 0.224 e. The van der Waals surface area contributed by atoms with Gasteiger partial charge in [-0.2, -0.15) is 5.26 Å². The van der Waals surface area contributed by atoms with Crippen LogP contribution in [-0.2, 0) is 9.84 Å². The predicted molar refractivity (Wildman–Crippen MR) is 48.7 cm³/mol. The molecule has 0 amide bonds. The van der Waals surface area contributed by atoms with Crippen LogP contribution < -0.4 is 0 Å². The van der Waals surface area contributed by atoms with Crippen molar-refractivity contribution in [1.29, 1.82) is 5.26 Å². The molecule has 0 saturated carbocycles. The maximum Gasteiger partial charge on any atom is 0.182 e. The van der Waals surface area contributed by atoms with Gasteiger partial charge in [0.1, 0.15) is 10.7 Å². The molecule has 0 bridgehead atoms. The highest BCUT2D eigenvalue weighted by atomic mass is 32.2. The first kappa shape index (κ1) is 10.7. The highest BCUT2D eigenvalue weighted by Crippen LogP contribution is 2.15. The van der Waals surface area contributed by atoms with Crippen molar-refractivity contribution in [2.45, 2.75) is 11.3 Å². The van der Waals surface area contributed by atoms with Crippen molar-refractivity contribution in [3.05, 3.63) is 30.1 Å². The second-order valence-corrected chi connectivity index (χ2v) is 4.73. The zero-order chi connectivity index (χ0) is 10.6. The minimum atomic E-state index is -3.65. The van der Waals surface area contributed by atoms with E-state index in [-0.39, 0.29) is 17.1 Å². The molecule has 0 radical (unpaired) electrons. The molecule has 0 aliphatic rings. The van der Waals surface area contributed by atoms with Gasteiger partial charge in [0.2, 0.25) is 0 Å². The second-order valence-electron chi connectivity index (χ2n) is 2.66. The lowest BCUT2D eigenvalue weighted by atomic mass is 10.3. The van der Waals surface area contributed by atoms with Crippen LogP contribution in [0.4, 0.5) is 4.39 Å². The zero-order valence-corrected chi connectivity index (χ0v) is 8.09. The molecule has 5 heteroatoms. The minimum Gasteiger partial charge on any atom is -0.224 e. The number of benzene rings is 1. The first-order chi connectivity index (χ1) is 6.58. The first-order valence-electron chi connectivity index (χ1n) is 3.92. The van der Waals surface area contributed by atoms with E-state index in [4.69, 9.17) is 5.26 Å². The Balaban J connectivity index is 3.06. The summed E-state index contributed by atoms with van der Waals surface area (Å²) in [4.78, 5) is -0.338. The van der Waals surface area contributed by atoms with Gasteiger partial charge >= 0.3 is 0 Å². The van der Waals surface area contributed by atoms with E-state index in [1.54, 1.807) is 6.07 Å². The molecule has 3 nitrogen and oxygen atoms in total. The van der Waals surface area contributed by atoms with Crippen LogP contribution in [0.1, 0.15) is 6.42 Å². The Morgan fingerprint density at radius 3 is 2.57 bits per heavy atom. The van der Waals surface area contributed by atoms with E-state index in [0.717, 1.165) is 6.07 Å². The summed E-state index contributed by atoms with van der Waals surface area (Å²) in [5, 5.41) is 8.24. The standard InChI is InChI=1S/C9H8FNO2S/c10-8-4-1-2-5-9(8)14(12,13)7-3-6-11/h1-2,4-5H,3,7H2. The second kappa shape index (κ2) is 4.20. The van der Waals surface area contributed by atoms with Crippen LogP contribution in [0.25, 0.3) is 0 Å². The number of nitriles is 1. The quantitative estimate of drug-likeness (QED) is 0.764. The van der Waals surface area contributed by atoms with Crippen LogP contribution in [0.15, 0.2) is 29.2 Å². The van der Waals surface area contributed by atoms with Crippen LogP contribution in [0.3, 0.4) is 0 Å². The summed E-state index contributed by atoms with van der Waals surface area (Å²) >= 11 is 0. The van der Waals surface area contributed by atoms with Crippen molar-refractivity contribution in [1.82, 2.24) is 0 Å². The number of nitrogens with zero attached hydrogens (tertiary/aromatic N) is 1. The topological polar surface area (TPSA) is 57.9 Å². The fourth-order valence-corrected chi connectivity index (χ4v) is 2.22. The lowest BCUT2D eigenvalue weighted by Crippen LogP contribution is -2.08. The SMILES string of the molecule is N#CCCS(=O)(=O)c1ccccc1F. The summed E-state index contributed by atoms with van der Waals surface area (Å²) in [5.74, 6) is -1.12. The minimum absolute atomic E-state index is 0.128. The average Bonchev–Trinajstić information content (AvgIpc) is 2.15. The molecule has 74 valence electrons. The Hall–Kier alpha value is -1.41. The molecule has 0 saturated heterocycles. The summed E-state index contributed by atoms with van der Waals surface area (Å²) < 4.78 is 35.9. The van der Waals surface area contributed by atoms with E-state index in [1.807, 2.05) is 0 Å². The average molecular weight is 213 g/mol. The molecule has 1 rings (SSSR count). The summed E-state index contributed by atoms with van der Waals surface area (Å²) in [6, 6.07) is 6.85. The third-order valence-electron chi connectivity index (χ3n) is 1.65. The van der Waals surface area contributed by atoms with Crippen molar-refractivity contribution in [2.75, 3.05) is 5.75 Å². The van der Waals surface area contributed by atoms with Gasteiger partial charge in [-0.3, -0.25) is 0 Å². The normalized spacial score (nSPS) is 10.9. The van der Waals surface area contributed by atoms with Crippen molar-refractivity contribution in [3.8, 4) is 6.07 Å². The maximum absolute atomic E-state index is 13.1. The van der Waals surface area contributed by atoms with Gasteiger partial charge in [-0.05, 0) is 12.1 Å². The molecule has 0 unspecified atom stereocenters. The number of sulfone groups is 1. The molecular weight excluding hydrogens is 205 g/mol. The third kappa shape index (κ3) is 2.30. The summed E-state index contributed by atoms with van der Waals surface area (Å²) in [6.07, 6.45) is -0.128. The Morgan fingerprint density at radius 2 is 2.00 bits per heavy atom. The smallest absolute Gasteiger partial charge is 0.182 e. The fraction of sp³-hybridized carbons (Fsp3) is 0.222. The number of rotatable bonds is 3. The van der Waals surface area contributed by atoms with Gasteiger partial charge in [0.15, 0.2) is 9.84 Å². The Labute approximate surface area is 81.7 Å². The van der Waals surface area contributed by atoms with Gasteiger partial charge in [0.25, 0.3) is 0 Å². The summed E-state index contributed by atoms with van der Waals surface area (Å²) in [5.41, 5.74) is 0. The predicted octanol–water partition coefficient (Wildman–Crippen LogP) is 1.51. The molecule has 0 heterocycles. The molecule has 0 fully saturated rings. The molecule has 0 spiro atoms. The highest BCUT2D eigenvalue weighted by Gasteiger charge is 2.17. The molecule has 0 atom stereocenters. The maximum atomic E-state index is 13.1. The van der Waals surface area contributed by atoms with E-state index in [9.17, 15) is 12.8 Å². The fourth-order valence-electron chi connectivity index (χ4n) is 0.987. The first-order valence-corrected chi connectivity index (χ1v) is 5.57. The number of hydrogen-bond acceptors (Lipinski definition) is 3. The van der Waals surface area contributed by atoms with Gasteiger partial charge in [0, 0.05) is 6.42 Å². The summed E-state index contributed by atoms with van der Waals surface area (Å²) in [7, 11) is -3.65. The molecule has 14 heavy (non-hydrogen) atoms. The van der Waals surface area contributed by atoms with Gasteiger partial charge < -0.3 is 0 Å². The molecular formula is C9H8FNO2S. The molecule has 0 aliphatic heterocycles. The van der Waals surface area contributed by atoms with Gasteiger partial charge in [0.05, 0.1) is 11.8 Å². The molecule has 0 aliphatic carbocycles. The molecule has 0 N–H and O–H groups in total. The van der Waals surface area contributed by atoms with Crippen LogP contribution in [0.2, 0.25) is 0 Å². The van der Waals surface area contributed by atoms with E-state index in [1.165, 1.54) is 18.2 Å². The van der Waals surface area contributed by atoms with Crippen molar-refractivity contribution >= 4 is 9.84 Å². The molecule has 0 aromatic heterocycles. The third-order valence-corrected chi connectivity index (χ3v) is 3.40. The van der Waals surface area contributed by atoms with Gasteiger partial charge in [-0.25, -0.2) is 12.8 Å². The molecule has 1 aromatic carbocycles. The molecule has 1 aromatic rings.